The Morgan fingerprint density at radius 3 is 2.62 bits per heavy atom. The highest BCUT2D eigenvalue weighted by molar-refractivity contribution is 5.83. The van der Waals surface area contributed by atoms with Crippen molar-refractivity contribution in [3.8, 4) is 0 Å². The Kier molecular flexibility index (Phi) is 6.09. The lowest BCUT2D eigenvalue weighted by atomic mass is 9.71. The number of allylic oxidation sites excluding steroid dienone is 1. The number of piperidine rings is 1. The van der Waals surface area contributed by atoms with Crippen molar-refractivity contribution in [3.63, 3.8) is 0 Å². The molecule has 1 saturated carbocycles. The molecule has 3 aliphatic heterocycles. The molecule has 3 fully saturated rings. The van der Waals surface area contributed by atoms with E-state index in [9.17, 15) is 13.6 Å². The van der Waals surface area contributed by atoms with Crippen LogP contribution in [0.4, 0.5) is 8.78 Å². The fourth-order valence-electron chi connectivity index (χ4n) is 5.25. The standard InChI is InChI=1S/C24H30F2N4O2/c25-21(26)22(31)30-11-3-10-27-23(30)28-24(8-2-9-24)19-5-1-4-18(14-19)17-6-12-29(13-7-17)20-15-32-16-20/h1,3-5,10-11,14,17,20-21,23,28H,2,6-9,12-13,15-16H2. The molecular formula is C24H30F2N4O2. The average molecular weight is 445 g/mol. The Morgan fingerprint density at radius 2 is 2.00 bits per heavy atom. The summed E-state index contributed by atoms with van der Waals surface area (Å²) in [6, 6.07) is 9.29. The molecule has 0 radical (unpaired) electrons. The molecule has 2 saturated heterocycles. The molecule has 5 rings (SSSR count). The molecular weight excluding hydrogens is 414 g/mol. The van der Waals surface area contributed by atoms with Crippen molar-refractivity contribution in [1.29, 1.82) is 0 Å². The first kappa shape index (κ1) is 21.7. The van der Waals surface area contributed by atoms with Gasteiger partial charge in [-0.15, -0.1) is 0 Å². The van der Waals surface area contributed by atoms with Crippen molar-refractivity contribution in [3.05, 3.63) is 47.7 Å². The van der Waals surface area contributed by atoms with Crippen molar-refractivity contribution in [2.45, 2.75) is 62.3 Å². The van der Waals surface area contributed by atoms with E-state index in [1.165, 1.54) is 17.8 Å². The molecule has 172 valence electrons. The summed E-state index contributed by atoms with van der Waals surface area (Å²) in [6.45, 7) is 3.91. The fourth-order valence-corrected chi connectivity index (χ4v) is 5.25. The minimum absolute atomic E-state index is 0.353. The Balaban J connectivity index is 1.30. The first-order chi connectivity index (χ1) is 15.6. The van der Waals surface area contributed by atoms with Gasteiger partial charge in [-0.05, 0) is 68.3 Å². The van der Waals surface area contributed by atoms with Crippen LogP contribution in [0.15, 0.2) is 41.5 Å². The number of carbonyl (C=O) groups excluding carboxylic acids is 1. The molecule has 6 nitrogen and oxygen atoms in total. The zero-order chi connectivity index (χ0) is 22.1. The zero-order valence-electron chi connectivity index (χ0n) is 18.1. The number of ether oxygens (including phenoxy) is 1. The van der Waals surface area contributed by atoms with Gasteiger partial charge in [0.05, 0.1) is 19.3 Å². The highest BCUT2D eigenvalue weighted by atomic mass is 19.3. The van der Waals surface area contributed by atoms with Crippen molar-refractivity contribution < 1.29 is 18.3 Å². The van der Waals surface area contributed by atoms with E-state index < -0.39 is 18.6 Å². The van der Waals surface area contributed by atoms with E-state index in [1.54, 1.807) is 6.21 Å². The summed E-state index contributed by atoms with van der Waals surface area (Å²) < 4.78 is 31.5. The van der Waals surface area contributed by atoms with Gasteiger partial charge in [-0.3, -0.25) is 24.9 Å². The number of alkyl halides is 2. The molecule has 0 spiro atoms. The van der Waals surface area contributed by atoms with Crippen LogP contribution in [0.5, 0.6) is 0 Å². The van der Waals surface area contributed by atoms with Crippen molar-refractivity contribution in [2.75, 3.05) is 26.3 Å². The quantitative estimate of drug-likeness (QED) is 0.732. The van der Waals surface area contributed by atoms with Crippen LogP contribution in [-0.2, 0) is 15.1 Å². The molecule has 4 aliphatic rings. The molecule has 1 amide bonds. The van der Waals surface area contributed by atoms with E-state index in [0.717, 1.165) is 68.9 Å². The molecule has 1 unspecified atom stereocenters. The van der Waals surface area contributed by atoms with E-state index in [0.29, 0.717) is 12.0 Å². The maximum absolute atomic E-state index is 13.1. The lowest BCUT2D eigenvalue weighted by Crippen LogP contribution is -2.58. The predicted molar refractivity (Wildman–Crippen MR) is 118 cm³/mol. The van der Waals surface area contributed by atoms with E-state index >= 15 is 0 Å². The number of nitrogens with zero attached hydrogens (tertiary/aromatic N) is 3. The van der Waals surface area contributed by atoms with E-state index in [1.807, 2.05) is 0 Å². The summed E-state index contributed by atoms with van der Waals surface area (Å²) in [5.74, 6) is -0.709. The molecule has 1 aliphatic carbocycles. The Hall–Kier alpha value is -2.16. The third-order valence-electron chi connectivity index (χ3n) is 7.45. The third-order valence-corrected chi connectivity index (χ3v) is 7.45. The number of nitrogens with one attached hydrogen (secondary N) is 1. The molecule has 1 atom stereocenters. The monoisotopic (exact) mass is 444 g/mol. The maximum atomic E-state index is 13.1. The van der Waals surface area contributed by atoms with Crippen molar-refractivity contribution >= 4 is 12.1 Å². The van der Waals surface area contributed by atoms with Gasteiger partial charge < -0.3 is 4.74 Å². The second kappa shape index (κ2) is 9.00. The van der Waals surface area contributed by atoms with Gasteiger partial charge in [-0.25, -0.2) is 0 Å². The SMILES string of the molecule is O=C(C(F)F)N1C=CC=NC1NC1(c2cccc(C3CCN(C4COC4)CC3)c2)CCC1. The highest BCUT2D eigenvalue weighted by Gasteiger charge is 2.43. The third kappa shape index (κ3) is 4.11. The van der Waals surface area contributed by atoms with Gasteiger partial charge in [0.2, 0.25) is 0 Å². The first-order valence-electron chi connectivity index (χ1n) is 11.6. The Bertz CT molecular complexity index is 890. The van der Waals surface area contributed by atoms with Crippen LogP contribution in [0.2, 0.25) is 0 Å². The minimum Gasteiger partial charge on any atom is -0.378 e. The summed E-state index contributed by atoms with van der Waals surface area (Å²) in [6.07, 6.45) is 5.66. The summed E-state index contributed by atoms with van der Waals surface area (Å²) in [5, 5.41) is 3.44. The largest absolute Gasteiger partial charge is 0.378 e. The molecule has 1 aromatic carbocycles. The molecule has 3 heterocycles. The topological polar surface area (TPSA) is 57.2 Å². The lowest BCUT2D eigenvalue weighted by Gasteiger charge is -2.47. The zero-order valence-corrected chi connectivity index (χ0v) is 18.1. The Morgan fingerprint density at radius 1 is 1.22 bits per heavy atom. The number of hydrogen-bond donors (Lipinski definition) is 1. The predicted octanol–water partition coefficient (Wildman–Crippen LogP) is 3.21. The number of carbonyl (C=O) groups is 1. The normalized spacial score (nSPS) is 26.2. The lowest BCUT2D eigenvalue weighted by molar-refractivity contribution is -0.143. The van der Waals surface area contributed by atoms with Crippen LogP contribution >= 0.6 is 0 Å². The molecule has 1 N–H and O–H groups in total. The van der Waals surface area contributed by atoms with E-state index in [4.69, 9.17) is 4.74 Å². The van der Waals surface area contributed by atoms with Crippen LogP contribution in [0, 0.1) is 0 Å². The first-order valence-corrected chi connectivity index (χ1v) is 11.6. The van der Waals surface area contributed by atoms with Crippen LogP contribution in [0.1, 0.15) is 49.1 Å². The number of hydrogen-bond acceptors (Lipinski definition) is 5. The van der Waals surface area contributed by atoms with Gasteiger partial charge >= 0.3 is 6.43 Å². The maximum Gasteiger partial charge on any atom is 0.316 e. The summed E-state index contributed by atoms with van der Waals surface area (Å²) in [5.41, 5.74) is 2.14. The number of halogens is 2. The molecule has 1 aromatic rings. The van der Waals surface area contributed by atoms with Gasteiger partial charge in [0.25, 0.3) is 5.91 Å². The highest BCUT2D eigenvalue weighted by Crippen LogP contribution is 2.43. The molecule has 0 aromatic heterocycles. The van der Waals surface area contributed by atoms with Crippen LogP contribution in [0.25, 0.3) is 0 Å². The summed E-state index contributed by atoms with van der Waals surface area (Å²) in [7, 11) is 0. The fraction of sp³-hybridized carbons (Fsp3) is 0.583. The van der Waals surface area contributed by atoms with Gasteiger partial charge in [0.1, 0.15) is 0 Å². The number of amides is 1. The minimum atomic E-state index is -3.06. The summed E-state index contributed by atoms with van der Waals surface area (Å²) in [4.78, 5) is 19.8. The van der Waals surface area contributed by atoms with Gasteiger partial charge in [-0.2, -0.15) is 8.78 Å². The van der Waals surface area contributed by atoms with Crippen LogP contribution in [-0.4, -0.2) is 67.0 Å². The number of likely N-dealkylation sites (tertiary alicyclic amines) is 1. The van der Waals surface area contributed by atoms with Crippen molar-refractivity contribution in [2.24, 2.45) is 4.99 Å². The van der Waals surface area contributed by atoms with Crippen LogP contribution < -0.4 is 5.32 Å². The molecule has 0 bridgehead atoms. The number of aliphatic imine (C=N–C) groups is 1. The summed E-state index contributed by atoms with van der Waals surface area (Å²) >= 11 is 0. The molecule has 32 heavy (non-hydrogen) atoms. The van der Waals surface area contributed by atoms with Gasteiger partial charge in [0, 0.05) is 18.0 Å². The van der Waals surface area contributed by atoms with Crippen LogP contribution in [0.3, 0.4) is 0 Å². The van der Waals surface area contributed by atoms with Crippen molar-refractivity contribution in [1.82, 2.24) is 15.1 Å². The number of benzene rings is 1. The second-order valence-electron chi connectivity index (χ2n) is 9.27. The number of rotatable bonds is 6. The second-order valence-corrected chi connectivity index (χ2v) is 9.27. The van der Waals surface area contributed by atoms with E-state index in [2.05, 4.69) is 39.5 Å². The van der Waals surface area contributed by atoms with E-state index in [-0.39, 0.29) is 5.54 Å². The smallest absolute Gasteiger partial charge is 0.316 e. The average Bonchev–Trinajstić information content (AvgIpc) is 2.75. The van der Waals surface area contributed by atoms with Gasteiger partial charge in [-0.1, -0.05) is 24.3 Å². The molecule has 8 heteroatoms. The Labute approximate surface area is 187 Å². The van der Waals surface area contributed by atoms with Gasteiger partial charge in [0.15, 0.2) is 6.29 Å².